The van der Waals surface area contributed by atoms with Crippen molar-refractivity contribution in [2.75, 3.05) is 0 Å². The number of hydrogen-bond acceptors (Lipinski definition) is 3. The standard InChI is InChI=1S/H2O.2O.Re.S/h1H2;;;;/q;;;+1;/p-1. The van der Waals surface area contributed by atoms with Crippen molar-refractivity contribution in [3.8, 4) is 0 Å². The van der Waals surface area contributed by atoms with Gasteiger partial charge in [0.15, 0.2) is 0 Å². The van der Waals surface area contributed by atoms with E-state index < -0.39 is 14.0 Å². The summed E-state index contributed by atoms with van der Waals surface area (Å²) in [6.45, 7) is 0. The van der Waals surface area contributed by atoms with E-state index in [1.165, 1.54) is 0 Å². The van der Waals surface area contributed by atoms with Gasteiger partial charge in [-0.15, -0.1) is 0 Å². The van der Waals surface area contributed by atoms with Crippen molar-refractivity contribution in [1.29, 1.82) is 0 Å². The van der Waals surface area contributed by atoms with Crippen LogP contribution in [0.3, 0.4) is 0 Å². The first-order chi connectivity index (χ1) is 2.00. The summed E-state index contributed by atoms with van der Waals surface area (Å²) in [5.74, 6) is 0. The molecule has 0 unspecified atom stereocenters. The molecule has 3 nitrogen and oxygen atoms in total. The Morgan fingerprint density at radius 2 is 1.60 bits per heavy atom. The van der Waals surface area contributed by atoms with Gasteiger partial charge in [-0.05, 0) is 0 Å². The molecule has 0 aromatic heterocycles. The summed E-state index contributed by atoms with van der Waals surface area (Å²) >= 11 is -5.03. The van der Waals surface area contributed by atoms with Gasteiger partial charge >= 0.3 is 34.7 Å². The van der Waals surface area contributed by atoms with Crippen LogP contribution in [0.4, 0.5) is 0 Å². The molecular formula is HO3ReS. The molecule has 0 aromatic rings. The Labute approximate surface area is 35.2 Å². The summed E-state index contributed by atoms with van der Waals surface area (Å²) in [5.41, 5.74) is 0. The molecule has 0 aliphatic carbocycles. The van der Waals surface area contributed by atoms with Crippen molar-refractivity contribution < 1.29 is 24.8 Å². The van der Waals surface area contributed by atoms with Crippen LogP contribution >= 0.6 is 9.94 Å². The van der Waals surface area contributed by atoms with Crippen LogP contribution in [0.2, 0.25) is 0 Å². The SMILES string of the molecule is [O]=[Re](=[O])([OH])=[S]. The van der Waals surface area contributed by atoms with E-state index in [4.69, 9.17) is 10.8 Å². The second kappa shape index (κ2) is 1.27. The van der Waals surface area contributed by atoms with Crippen LogP contribution < -0.4 is 0 Å². The molecule has 5 heteroatoms. The minimum atomic E-state index is -5.03. The maximum atomic E-state index is 9.12. The summed E-state index contributed by atoms with van der Waals surface area (Å²) in [6, 6.07) is 0. The van der Waals surface area contributed by atoms with Crippen molar-refractivity contribution in [3.63, 3.8) is 0 Å². The van der Waals surface area contributed by atoms with Gasteiger partial charge in [0.2, 0.25) is 0 Å². The first-order valence-corrected chi connectivity index (χ1v) is 7.70. The normalized spacial score (nSPS) is 11.4. The average molecular weight is 267 g/mol. The second-order valence-electron chi connectivity index (χ2n) is 0.396. The van der Waals surface area contributed by atoms with Crippen molar-refractivity contribution in [1.82, 2.24) is 0 Å². The fourth-order valence-corrected chi connectivity index (χ4v) is 0. The molecular weight excluding hydrogens is 266 g/mol. The molecule has 0 fully saturated rings. The summed E-state index contributed by atoms with van der Waals surface area (Å²) in [4.78, 5) is 0. The van der Waals surface area contributed by atoms with E-state index in [0.717, 1.165) is 0 Å². The third kappa shape index (κ3) is 135. The summed E-state index contributed by atoms with van der Waals surface area (Å²) in [7, 11) is 3.47. The molecule has 32 valence electrons. The molecule has 0 aliphatic heterocycles. The fraction of sp³-hybridized carbons (Fsp3) is 0. The van der Waals surface area contributed by atoms with E-state index in [1.807, 2.05) is 0 Å². The monoisotopic (exact) mass is 268 g/mol. The van der Waals surface area contributed by atoms with E-state index >= 15 is 0 Å². The van der Waals surface area contributed by atoms with Crippen molar-refractivity contribution >= 4 is 9.94 Å². The Kier molecular flexibility index (Phi) is 1.38. The van der Waals surface area contributed by atoms with Crippen LogP contribution in [0.15, 0.2) is 0 Å². The maximum absolute atomic E-state index is 9.12. The third-order valence-electron chi connectivity index (χ3n) is 0. The van der Waals surface area contributed by atoms with E-state index in [0.29, 0.717) is 0 Å². The van der Waals surface area contributed by atoms with Gasteiger partial charge in [0.25, 0.3) is 0 Å². The Balaban J connectivity index is 4.87. The molecule has 0 saturated carbocycles. The first-order valence-electron chi connectivity index (χ1n) is 0.632. The van der Waals surface area contributed by atoms with E-state index in [-0.39, 0.29) is 0 Å². The molecule has 0 aromatic carbocycles. The topological polar surface area (TPSA) is 54.4 Å². The number of rotatable bonds is 0. The third-order valence-corrected chi connectivity index (χ3v) is 0. The first kappa shape index (κ1) is 5.44. The zero-order valence-electron chi connectivity index (χ0n) is 2.05. The van der Waals surface area contributed by atoms with Gasteiger partial charge in [0, 0.05) is 0 Å². The Hall–Kier alpha value is 0.442. The minimum absolute atomic E-state index is 3.47. The molecule has 0 atom stereocenters. The second-order valence-corrected chi connectivity index (χ2v) is 6.43. The van der Waals surface area contributed by atoms with Gasteiger partial charge in [0.1, 0.15) is 0 Å². The molecule has 0 bridgehead atoms. The van der Waals surface area contributed by atoms with E-state index in [9.17, 15) is 0 Å². The molecule has 0 amide bonds. The Bertz CT molecular complexity index is 128. The van der Waals surface area contributed by atoms with Gasteiger partial charge in [0.05, 0.1) is 0 Å². The summed E-state index contributed by atoms with van der Waals surface area (Å²) < 4.78 is 25.7. The number of hydrogen-bond donors (Lipinski definition) is 1. The fourth-order valence-electron chi connectivity index (χ4n) is 0. The Morgan fingerprint density at radius 3 is 1.60 bits per heavy atom. The van der Waals surface area contributed by atoms with Crippen LogP contribution in [0.25, 0.3) is 0 Å². The predicted octanol–water partition coefficient (Wildman–Crippen LogP) is -0.149. The van der Waals surface area contributed by atoms with Gasteiger partial charge in [-0.2, -0.15) is 0 Å². The summed E-state index contributed by atoms with van der Waals surface area (Å²) in [6.07, 6.45) is 0. The zero-order valence-corrected chi connectivity index (χ0v) is 5.58. The van der Waals surface area contributed by atoms with Crippen molar-refractivity contribution in [2.24, 2.45) is 0 Å². The van der Waals surface area contributed by atoms with E-state index in [1.54, 1.807) is 0 Å². The molecule has 0 radical (unpaired) electrons. The molecule has 0 spiro atoms. The molecule has 0 aliphatic rings. The van der Waals surface area contributed by atoms with Crippen LogP contribution in [0.5, 0.6) is 0 Å². The molecule has 0 rings (SSSR count). The van der Waals surface area contributed by atoms with Crippen LogP contribution in [0.1, 0.15) is 0 Å². The van der Waals surface area contributed by atoms with Gasteiger partial charge in [-0.25, -0.2) is 0 Å². The van der Waals surface area contributed by atoms with Crippen molar-refractivity contribution in [2.45, 2.75) is 0 Å². The van der Waals surface area contributed by atoms with Gasteiger partial charge in [-0.1, -0.05) is 0 Å². The molecule has 0 heterocycles. The predicted molar refractivity (Wildman–Crippen MR) is 11.2 cm³/mol. The van der Waals surface area contributed by atoms with Gasteiger partial charge in [-0.3, -0.25) is 0 Å². The summed E-state index contributed by atoms with van der Waals surface area (Å²) in [5, 5.41) is 0. The van der Waals surface area contributed by atoms with Crippen molar-refractivity contribution in [3.05, 3.63) is 0 Å². The van der Waals surface area contributed by atoms with Crippen LogP contribution in [-0.4, -0.2) is 3.83 Å². The molecule has 0 saturated heterocycles. The van der Waals surface area contributed by atoms with Crippen LogP contribution in [-0.2, 0) is 21.0 Å². The van der Waals surface area contributed by atoms with Gasteiger partial charge < -0.3 is 0 Å². The quantitative estimate of drug-likeness (QED) is 0.663. The average Bonchev–Trinajstić information content (AvgIpc) is 0.722. The zero-order chi connectivity index (χ0) is 4.50. The van der Waals surface area contributed by atoms with E-state index in [2.05, 4.69) is 9.94 Å². The Morgan fingerprint density at radius 1 is 1.60 bits per heavy atom. The van der Waals surface area contributed by atoms with Crippen LogP contribution in [0, 0.1) is 0 Å². The molecule has 1 N–H and O–H groups in total. The molecule has 5 heavy (non-hydrogen) atoms.